The predicted octanol–water partition coefficient (Wildman–Crippen LogP) is 3.66. The number of benzene rings is 1. The van der Waals surface area contributed by atoms with Gasteiger partial charge in [-0.25, -0.2) is 0 Å². The molecule has 0 aliphatic rings. The Bertz CT molecular complexity index is 284. The molecule has 2 nitrogen and oxygen atoms in total. The van der Waals surface area contributed by atoms with Gasteiger partial charge in [0, 0.05) is 5.02 Å². The quantitative estimate of drug-likeness (QED) is 0.740. The predicted molar refractivity (Wildman–Crippen MR) is 67.1 cm³/mol. The van der Waals surface area contributed by atoms with Crippen LogP contribution in [0.1, 0.15) is 32.6 Å². The van der Waals surface area contributed by atoms with E-state index < -0.39 is 0 Å². The number of unbranched alkanes of at least 4 members (excludes halogenated alkanes) is 2. The minimum atomic E-state index is -0.373. The topological polar surface area (TPSA) is 29.5 Å². The highest BCUT2D eigenvalue weighted by atomic mass is 35.5. The summed E-state index contributed by atoms with van der Waals surface area (Å²) in [4.78, 5) is 0. The van der Waals surface area contributed by atoms with E-state index in [2.05, 4.69) is 6.92 Å². The molecule has 0 aliphatic carbocycles. The summed E-state index contributed by atoms with van der Waals surface area (Å²) >= 11 is 5.75. The zero-order chi connectivity index (χ0) is 11.8. The Labute approximate surface area is 102 Å². The first-order valence-electron chi connectivity index (χ1n) is 5.78. The molecule has 1 atom stereocenters. The smallest absolute Gasteiger partial charge is 0.119 e. The summed E-state index contributed by atoms with van der Waals surface area (Å²) < 4.78 is 5.44. The van der Waals surface area contributed by atoms with Crippen molar-refractivity contribution in [2.45, 2.75) is 38.7 Å². The molecule has 16 heavy (non-hydrogen) atoms. The fourth-order valence-corrected chi connectivity index (χ4v) is 1.56. The van der Waals surface area contributed by atoms with Crippen molar-refractivity contribution < 1.29 is 9.84 Å². The maximum absolute atomic E-state index is 9.64. The van der Waals surface area contributed by atoms with Crippen molar-refractivity contribution in [1.82, 2.24) is 0 Å². The average molecular weight is 243 g/mol. The van der Waals surface area contributed by atoms with Gasteiger partial charge >= 0.3 is 0 Å². The first kappa shape index (κ1) is 13.3. The summed E-state index contributed by atoms with van der Waals surface area (Å²) in [5, 5.41) is 10.3. The van der Waals surface area contributed by atoms with Crippen LogP contribution in [0.15, 0.2) is 24.3 Å². The van der Waals surface area contributed by atoms with Crippen LogP contribution in [0.4, 0.5) is 0 Å². The van der Waals surface area contributed by atoms with Crippen molar-refractivity contribution in [3.05, 3.63) is 29.3 Å². The maximum atomic E-state index is 9.64. The van der Waals surface area contributed by atoms with E-state index in [0.717, 1.165) is 25.0 Å². The number of ether oxygens (including phenoxy) is 1. The fourth-order valence-electron chi connectivity index (χ4n) is 1.44. The second-order valence-corrected chi connectivity index (χ2v) is 4.35. The maximum Gasteiger partial charge on any atom is 0.119 e. The van der Waals surface area contributed by atoms with Crippen LogP contribution >= 0.6 is 11.6 Å². The summed E-state index contributed by atoms with van der Waals surface area (Å²) in [5.41, 5.74) is 0. The van der Waals surface area contributed by atoms with E-state index in [9.17, 15) is 5.11 Å². The van der Waals surface area contributed by atoms with Gasteiger partial charge in [0.05, 0.1) is 6.10 Å². The van der Waals surface area contributed by atoms with Crippen LogP contribution in [-0.2, 0) is 0 Å². The summed E-state index contributed by atoms with van der Waals surface area (Å²) in [6.45, 7) is 2.50. The van der Waals surface area contributed by atoms with Crippen molar-refractivity contribution >= 4 is 11.6 Å². The normalized spacial score (nSPS) is 12.4. The Morgan fingerprint density at radius 3 is 2.56 bits per heavy atom. The van der Waals surface area contributed by atoms with Gasteiger partial charge in [0.15, 0.2) is 0 Å². The lowest BCUT2D eigenvalue weighted by Gasteiger charge is -2.11. The van der Waals surface area contributed by atoms with Gasteiger partial charge in [-0.3, -0.25) is 0 Å². The second kappa shape index (κ2) is 7.53. The van der Waals surface area contributed by atoms with Gasteiger partial charge in [-0.2, -0.15) is 0 Å². The Hall–Kier alpha value is -0.730. The standard InChI is InChI=1S/C13H19ClO2/c1-2-3-4-5-12(15)10-16-13-8-6-11(14)7-9-13/h6-9,12,15H,2-5,10H2,1H3. The highest BCUT2D eigenvalue weighted by molar-refractivity contribution is 6.30. The van der Waals surface area contributed by atoms with Gasteiger partial charge in [0.2, 0.25) is 0 Å². The Balaban J connectivity index is 2.20. The van der Waals surface area contributed by atoms with Gasteiger partial charge in [-0.15, -0.1) is 0 Å². The van der Waals surface area contributed by atoms with Gasteiger partial charge in [-0.05, 0) is 30.7 Å². The summed E-state index contributed by atoms with van der Waals surface area (Å²) in [6.07, 6.45) is 3.83. The first-order valence-corrected chi connectivity index (χ1v) is 6.16. The lowest BCUT2D eigenvalue weighted by atomic mass is 10.1. The molecular formula is C13H19ClO2. The van der Waals surface area contributed by atoms with Crippen molar-refractivity contribution in [3.63, 3.8) is 0 Å². The highest BCUT2D eigenvalue weighted by Crippen LogP contribution is 2.16. The van der Waals surface area contributed by atoms with Crippen molar-refractivity contribution in [2.24, 2.45) is 0 Å². The van der Waals surface area contributed by atoms with Crippen LogP contribution in [0.25, 0.3) is 0 Å². The van der Waals surface area contributed by atoms with Gasteiger partial charge in [0.25, 0.3) is 0 Å². The molecule has 1 aromatic rings. The third-order valence-corrected chi connectivity index (χ3v) is 2.65. The number of aliphatic hydroxyl groups excluding tert-OH is 1. The number of rotatable bonds is 7. The Morgan fingerprint density at radius 2 is 1.94 bits per heavy atom. The van der Waals surface area contributed by atoms with E-state index in [0.29, 0.717) is 11.6 Å². The molecule has 0 fully saturated rings. The van der Waals surface area contributed by atoms with E-state index in [4.69, 9.17) is 16.3 Å². The van der Waals surface area contributed by atoms with Gasteiger partial charge < -0.3 is 9.84 Å². The fraction of sp³-hybridized carbons (Fsp3) is 0.538. The molecule has 0 spiro atoms. The van der Waals surface area contributed by atoms with Crippen LogP contribution in [0.5, 0.6) is 5.75 Å². The van der Waals surface area contributed by atoms with Crippen molar-refractivity contribution in [2.75, 3.05) is 6.61 Å². The number of hydrogen-bond donors (Lipinski definition) is 1. The van der Waals surface area contributed by atoms with E-state index in [-0.39, 0.29) is 6.10 Å². The molecule has 0 aromatic heterocycles. The molecule has 1 N–H and O–H groups in total. The number of halogens is 1. The van der Waals surface area contributed by atoms with E-state index in [1.165, 1.54) is 6.42 Å². The highest BCUT2D eigenvalue weighted by Gasteiger charge is 2.04. The lowest BCUT2D eigenvalue weighted by molar-refractivity contribution is 0.0976. The van der Waals surface area contributed by atoms with Crippen LogP contribution < -0.4 is 4.74 Å². The molecule has 0 radical (unpaired) electrons. The molecule has 0 heterocycles. The van der Waals surface area contributed by atoms with Gasteiger partial charge in [0.1, 0.15) is 12.4 Å². The Morgan fingerprint density at radius 1 is 1.25 bits per heavy atom. The van der Waals surface area contributed by atoms with Crippen molar-refractivity contribution in [3.8, 4) is 5.75 Å². The third-order valence-electron chi connectivity index (χ3n) is 2.40. The molecule has 0 bridgehead atoms. The molecule has 0 saturated heterocycles. The minimum absolute atomic E-state index is 0.353. The van der Waals surface area contributed by atoms with Crippen LogP contribution in [0.3, 0.4) is 0 Å². The van der Waals surface area contributed by atoms with E-state index in [1.54, 1.807) is 24.3 Å². The van der Waals surface area contributed by atoms with E-state index >= 15 is 0 Å². The largest absolute Gasteiger partial charge is 0.491 e. The van der Waals surface area contributed by atoms with Crippen LogP contribution in [0.2, 0.25) is 5.02 Å². The zero-order valence-corrected chi connectivity index (χ0v) is 10.4. The molecule has 3 heteroatoms. The SMILES string of the molecule is CCCCCC(O)COc1ccc(Cl)cc1. The van der Waals surface area contributed by atoms with Crippen LogP contribution in [-0.4, -0.2) is 17.8 Å². The molecule has 1 aromatic carbocycles. The van der Waals surface area contributed by atoms with Crippen LogP contribution in [0, 0.1) is 0 Å². The molecule has 90 valence electrons. The molecular weight excluding hydrogens is 224 g/mol. The molecule has 1 unspecified atom stereocenters. The average Bonchev–Trinajstić information content (AvgIpc) is 2.29. The molecule has 0 amide bonds. The minimum Gasteiger partial charge on any atom is -0.491 e. The molecule has 0 saturated carbocycles. The van der Waals surface area contributed by atoms with Gasteiger partial charge in [-0.1, -0.05) is 37.8 Å². The summed E-state index contributed by atoms with van der Waals surface area (Å²) in [6, 6.07) is 7.17. The molecule has 0 aliphatic heterocycles. The summed E-state index contributed by atoms with van der Waals surface area (Å²) in [5.74, 6) is 0.749. The number of hydrogen-bond acceptors (Lipinski definition) is 2. The first-order chi connectivity index (χ1) is 7.72. The van der Waals surface area contributed by atoms with E-state index in [1.807, 2.05) is 0 Å². The Kier molecular flexibility index (Phi) is 6.27. The monoisotopic (exact) mass is 242 g/mol. The third kappa shape index (κ3) is 5.38. The lowest BCUT2D eigenvalue weighted by Crippen LogP contribution is -2.17. The molecule has 1 rings (SSSR count). The summed E-state index contributed by atoms with van der Waals surface area (Å²) in [7, 11) is 0. The van der Waals surface area contributed by atoms with Crippen molar-refractivity contribution in [1.29, 1.82) is 0 Å². The zero-order valence-electron chi connectivity index (χ0n) is 9.66. The number of aliphatic hydroxyl groups is 1. The second-order valence-electron chi connectivity index (χ2n) is 3.91.